The summed E-state index contributed by atoms with van der Waals surface area (Å²) >= 11 is 3.69. The zero-order chi connectivity index (χ0) is 37.0. The van der Waals surface area contributed by atoms with Gasteiger partial charge in [0, 0.05) is 57.0 Å². The molecule has 0 aliphatic heterocycles. The molecule has 0 aliphatic carbocycles. The molecule has 3 aromatic heterocycles. The summed E-state index contributed by atoms with van der Waals surface area (Å²) in [7, 11) is 0. The Morgan fingerprint density at radius 3 is 1.59 bits per heavy atom. The molecule has 0 radical (unpaired) electrons. The monoisotopic (exact) mass is 749 g/mol. The molecule has 0 N–H and O–H groups in total. The van der Waals surface area contributed by atoms with Gasteiger partial charge in [-0.15, -0.1) is 22.7 Å². The van der Waals surface area contributed by atoms with Crippen LogP contribution in [0.5, 0.6) is 0 Å². The Morgan fingerprint density at radius 1 is 0.268 bits per heavy atom. The Hall–Kier alpha value is -6.79. The molecule has 0 atom stereocenters. The van der Waals surface area contributed by atoms with Gasteiger partial charge in [0.25, 0.3) is 0 Å². The lowest BCUT2D eigenvalue weighted by atomic mass is 9.94. The minimum absolute atomic E-state index is 0.649. The van der Waals surface area contributed by atoms with Crippen molar-refractivity contribution in [1.29, 1.82) is 0 Å². The highest BCUT2D eigenvalue weighted by Crippen LogP contribution is 2.46. The van der Waals surface area contributed by atoms with Crippen molar-refractivity contribution in [2.75, 3.05) is 0 Å². The first-order valence-electron chi connectivity index (χ1n) is 18.7. The summed E-state index contributed by atoms with van der Waals surface area (Å²) in [5, 5.41) is 4.98. The molecule has 3 heterocycles. The highest BCUT2D eigenvalue weighted by Gasteiger charge is 2.19. The highest BCUT2D eigenvalue weighted by molar-refractivity contribution is 7.26. The maximum atomic E-state index is 5.22. The first-order chi connectivity index (χ1) is 27.7. The van der Waals surface area contributed by atoms with Crippen molar-refractivity contribution in [2.45, 2.75) is 0 Å². The minimum atomic E-state index is 0.649. The molecular formula is C51H31N3S2. The Morgan fingerprint density at radius 2 is 0.804 bits per heavy atom. The van der Waals surface area contributed by atoms with Crippen molar-refractivity contribution >= 4 is 63.0 Å². The van der Waals surface area contributed by atoms with E-state index in [1.54, 1.807) is 0 Å². The number of aromatic nitrogens is 3. The lowest BCUT2D eigenvalue weighted by Crippen LogP contribution is -2.00. The maximum Gasteiger partial charge on any atom is 0.164 e. The Balaban J connectivity index is 1.09. The largest absolute Gasteiger partial charge is 0.208 e. The van der Waals surface area contributed by atoms with Crippen molar-refractivity contribution in [3.63, 3.8) is 0 Å². The topological polar surface area (TPSA) is 38.7 Å². The number of hydrogen-bond acceptors (Lipinski definition) is 5. The molecule has 5 heteroatoms. The fourth-order valence-electron chi connectivity index (χ4n) is 7.87. The van der Waals surface area contributed by atoms with Gasteiger partial charge in [0.15, 0.2) is 17.5 Å². The molecular weight excluding hydrogens is 719 g/mol. The summed E-state index contributed by atoms with van der Waals surface area (Å²) in [6.45, 7) is 0. The summed E-state index contributed by atoms with van der Waals surface area (Å²) in [6, 6.07) is 66.8. The van der Waals surface area contributed by atoms with Gasteiger partial charge in [-0.25, -0.2) is 15.0 Å². The van der Waals surface area contributed by atoms with E-state index >= 15 is 0 Å². The number of hydrogen-bond donors (Lipinski definition) is 0. The third-order valence-corrected chi connectivity index (χ3v) is 12.8. The van der Waals surface area contributed by atoms with Crippen molar-refractivity contribution < 1.29 is 0 Å². The molecule has 11 aromatic rings. The summed E-state index contributed by atoms with van der Waals surface area (Å²) in [5.41, 5.74) is 10.1. The number of fused-ring (bicyclic) bond motifs is 6. The predicted octanol–water partition coefficient (Wildman–Crippen LogP) is 14.6. The summed E-state index contributed by atoms with van der Waals surface area (Å²) < 4.78 is 5.04. The lowest BCUT2D eigenvalue weighted by Gasteiger charge is -2.11. The molecule has 3 nitrogen and oxygen atoms in total. The van der Waals surface area contributed by atoms with E-state index in [2.05, 4.69) is 164 Å². The van der Waals surface area contributed by atoms with Crippen LogP contribution in [0.25, 0.3) is 108 Å². The zero-order valence-corrected chi connectivity index (χ0v) is 31.7. The van der Waals surface area contributed by atoms with Crippen molar-refractivity contribution in [3.8, 4) is 67.5 Å². The van der Waals surface area contributed by atoms with Gasteiger partial charge in [0.05, 0.1) is 0 Å². The van der Waals surface area contributed by atoms with E-state index in [1.165, 1.54) is 57.2 Å². The van der Waals surface area contributed by atoms with Gasteiger partial charge in [0.2, 0.25) is 0 Å². The van der Waals surface area contributed by atoms with E-state index in [0.29, 0.717) is 17.5 Å². The standard InChI is InChI=1S/C51H31N3S2/c1-4-14-32(15-5-1)35-20-12-21-37(28-35)50-52-49(34-18-8-3-9-19-34)53-51(54-50)41-23-13-25-44-47(41)40-27-26-36(30-45(40)56-44)42-29-38(33-16-6-2-7-17-33)31-46-48(42)39-22-10-11-24-43(39)55-46/h1-31H. The molecule has 0 spiro atoms. The van der Waals surface area contributed by atoms with Crippen LogP contribution in [0.1, 0.15) is 0 Å². The lowest BCUT2D eigenvalue weighted by molar-refractivity contribution is 1.08. The van der Waals surface area contributed by atoms with Gasteiger partial charge in [-0.3, -0.25) is 0 Å². The van der Waals surface area contributed by atoms with E-state index in [-0.39, 0.29) is 0 Å². The van der Waals surface area contributed by atoms with Crippen LogP contribution in [0.4, 0.5) is 0 Å². The Kier molecular flexibility index (Phi) is 7.87. The third kappa shape index (κ3) is 5.68. The smallest absolute Gasteiger partial charge is 0.164 e. The van der Waals surface area contributed by atoms with Crippen LogP contribution >= 0.6 is 22.7 Å². The molecule has 56 heavy (non-hydrogen) atoms. The number of nitrogens with zero attached hydrogens (tertiary/aromatic N) is 3. The van der Waals surface area contributed by atoms with E-state index < -0.39 is 0 Å². The number of thiophene rings is 2. The molecule has 0 unspecified atom stereocenters. The summed E-state index contributed by atoms with van der Waals surface area (Å²) in [4.78, 5) is 15.4. The van der Waals surface area contributed by atoms with Crippen LogP contribution in [0.15, 0.2) is 188 Å². The first kappa shape index (κ1) is 32.6. The second-order valence-electron chi connectivity index (χ2n) is 14.0. The first-order valence-corrected chi connectivity index (χ1v) is 20.3. The van der Waals surface area contributed by atoms with E-state index in [0.717, 1.165) is 33.2 Å². The molecule has 0 bridgehead atoms. The molecule has 0 saturated carbocycles. The number of rotatable bonds is 6. The van der Waals surface area contributed by atoms with Crippen molar-refractivity contribution in [2.24, 2.45) is 0 Å². The normalized spacial score (nSPS) is 11.6. The quantitative estimate of drug-likeness (QED) is 0.170. The van der Waals surface area contributed by atoms with Crippen LogP contribution in [-0.2, 0) is 0 Å². The predicted molar refractivity (Wildman–Crippen MR) is 238 cm³/mol. The van der Waals surface area contributed by atoms with Crippen LogP contribution in [0.3, 0.4) is 0 Å². The van der Waals surface area contributed by atoms with Crippen LogP contribution in [0, 0.1) is 0 Å². The second kappa shape index (κ2) is 13.5. The third-order valence-electron chi connectivity index (χ3n) is 10.5. The fraction of sp³-hybridized carbons (Fsp3) is 0. The second-order valence-corrected chi connectivity index (χ2v) is 16.1. The van der Waals surface area contributed by atoms with Gasteiger partial charge in [0.1, 0.15) is 0 Å². The van der Waals surface area contributed by atoms with Crippen LogP contribution in [0.2, 0.25) is 0 Å². The van der Waals surface area contributed by atoms with E-state index in [1.807, 2.05) is 46.9 Å². The Bertz CT molecular complexity index is 3240. The average Bonchev–Trinajstić information content (AvgIpc) is 3.85. The number of benzene rings is 8. The SMILES string of the molecule is c1ccc(-c2cccc(-c3nc(-c4ccccc4)nc(-c4cccc5sc6cc(-c7cc(-c8ccccc8)cc8sc9ccccc9c78)ccc6c45)n3)c2)cc1. The maximum absolute atomic E-state index is 5.22. The highest BCUT2D eigenvalue weighted by atomic mass is 32.1. The van der Waals surface area contributed by atoms with Gasteiger partial charge >= 0.3 is 0 Å². The van der Waals surface area contributed by atoms with Gasteiger partial charge in [-0.1, -0.05) is 152 Å². The minimum Gasteiger partial charge on any atom is -0.208 e. The summed E-state index contributed by atoms with van der Waals surface area (Å²) in [5.74, 6) is 1.96. The molecule has 0 saturated heterocycles. The van der Waals surface area contributed by atoms with Gasteiger partial charge < -0.3 is 0 Å². The fourth-order valence-corrected chi connectivity index (χ4v) is 10.2. The van der Waals surface area contributed by atoms with Gasteiger partial charge in [-0.05, 0) is 69.8 Å². The zero-order valence-electron chi connectivity index (χ0n) is 30.1. The molecule has 0 fully saturated rings. The average molecular weight is 750 g/mol. The molecule has 11 rings (SSSR count). The van der Waals surface area contributed by atoms with E-state index in [9.17, 15) is 0 Å². The van der Waals surface area contributed by atoms with Crippen LogP contribution in [-0.4, -0.2) is 15.0 Å². The molecule has 0 amide bonds. The van der Waals surface area contributed by atoms with Crippen molar-refractivity contribution in [1.82, 2.24) is 15.0 Å². The van der Waals surface area contributed by atoms with E-state index in [4.69, 9.17) is 15.0 Å². The molecule has 262 valence electrons. The van der Waals surface area contributed by atoms with Crippen molar-refractivity contribution in [3.05, 3.63) is 188 Å². The summed E-state index contributed by atoms with van der Waals surface area (Å²) in [6.07, 6.45) is 0. The molecule has 0 aliphatic rings. The van der Waals surface area contributed by atoms with Gasteiger partial charge in [-0.2, -0.15) is 0 Å². The Labute approximate surface area is 331 Å². The van der Waals surface area contributed by atoms with Crippen LogP contribution < -0.4 is 0 Å². The molecule has 8 aromatic carbocycles.